The minimum atomic E-state index is -1.03. The van der Waals surface area contributed by atoms with Crippen LogP contribution < -0.4 is 11.1 Å². The summed E-state index contributed by atoms with van der Waals surface area (Å²) < 4.78 is 4.87. The van der Waals surface area contributed by atoms with E-state index >= 15 is 0 Å². The highest BCUT2D eigenvalue weighted by atomic mass is 16.5. The zero-order valence-corrected chi connectivity index (χ0v) is 17.1. The first-order chi connectivity index (χ1) is 15.0. The summed E-state index contributed by atoms with van der Waals surface area (Å²) in [5, 5.41) is 8.39. The van der Waals surface area contributed by atoms with Crippen LogP contribution in [0.5, 0.6) is 0 Å². The first-order valence-electron chi connectivity index (χ1n) is 9.88. The van der Waals surface area contributed by atoms with Gasteiger partial charge in [-0.1, -0.05) is 47.6 Å². The van der Waals surface area contributed by atoms with E-state index in [0.717, 1.165) is 16.3 Å². The number of amides is 2. The highest BCUT2D eigenvalue weighted by molar-refractivity contribution is 5.92. The molecule has 0 aliphatic carbocycles. The lowest BCUT2D eigenvalue weighted by Crippen LogP contribution is -2.55. The quantitative estimate of drug-likeness (QED) is 0.297. The average Bonchev–Trinajstić information content (AvgIpc) is 3.21. The smallest absolute Gasteiger partial charge is 0.328 e. The van der Waals surface area contributed by atoms with Crippen molar-refractivity contribution in [2.75, 3.05) is 20.2 Å². The number of fused-ring (bicyclic) bond motifs is 1. The number of rotatable bonds is 7. The maximum atomic E-state index is 13.1. The lowest BCUT2D eigenvalue weighted by molar-refractivity contribution is -0.146. The predicted octanol–water partition coefficient (Wildman–Crippen LogP) is 1.28. The molecule has 162 valence electrons. The van der Waals surface area contributed by atoms with E-state index in [0.29, 0.717) is 6.42 Å². The Bertz CT molecular complexity index is 1040. The van der Waals surface area contributed by atoms with E-state index in [-0.39, 0.29) is 19.5 Å². The minimum Gasteiger partial charge on any atom is -0.467 e. The Kier molecular flexibility index (Phi) is 7.07. The van der Waals surface area contributed by atoms with Crippen molar-refractivity contribution >= 4 is 28.6 Å². The van der Waals surface area contributed by atoms with Crippen molar-refractivity contribution < 1.29 is 19.1 Å². The molecule has 1 aliphatic rings. The second-order valence-corrected chi connectivity index (χ2v) is 7.27. The fourth-order valence-corrected chi connectivity index (χ4v) is 3.87. The number of azide groups is 1. The van der Waals surface area contributed by atoms with Gasteiger partial charge in [-0.25, -0.2) is 4.79 Å². The summed E-state index contributed by atoms with van der Waals surface area (Å²) in [5.74, 6) is -1.63. The van der Waals surface area contributed by atoms with E-state index < -0.39 is 35.9 Å². The minimum absolute atomic E-state index is 0.201. The van der Waals surface area contributed by atoms with E-state index in [4.69, 9.17) is 16.0 Å². The number of hydrogen-bond donors (Lipinski definition) is 2. The molecule has 2 aromatic carbocycles. The number of nitrogens with zero attached hydrogens (tertiary/aromatic N) is 4. The number of nitrogens with two attached hydrogens (primary N) is 1. The molecule has 1 heterocycles. The Morgan fingerprint density at radius 2 is 2.03 bits per heavy atom. The monoisotopic (exact) mass is 424 g/mol. The van der Waals surface area contributed by atoms with Crippen LogP contribution in [-0.2, 0) is 25.5 Å². The van der Waals surface area contributed by atoms with Gasteiger partial charge in [0.1, 0.15) is 12.1 Å². The molecule has 31 heavy (non-hydrogen) atoms. The average molecular weight is 424 g/mol. The number of esters is 1. The number of likely N-dealkylation sites (tertiary alicyclic amines) is 1. The molecule has 0 bridgehead atoms. The van der Waals surface area contributed by atoms with Gasteiger partial charge in [-0.05, 0) is 28.3 Å². The summed E-state index contributed by atoms with van der Waals surface area (Å²) >= 11 is 0. The third kappa shape index (κ3) is 4.93. The van der Waals surface area contributed by atoms with Crippen molar-refractivity contribution in [1.29, 1.82) is 0 Å². The van der Waals surface area contributed by atoms with Crippen LogP contribution in [0.15, 0.2) is 47.6 Å². The third-order valence-electron chi connectivity index (χ3n) is 5.39. The van der Waals surface area contributed by atoms with Crippen LogP contribution in [0.3, 0.4) is 0 Å². The van der Waals surface area contributed by atoms with Gasteiger partial charge in [-0.15, -0.1) is 0 Å². The SMILES string of the molecule is COC(=O)[C@H](Cc1ccc2ccccc2c1)NC(=O)[C@@H]1[C@H](N=[N+]=[N-])CCN1C(=O)CN. The molecule has 0 unspecified atom stereocenters. The van der Waals surface area contributed by atoms with Crippen molar-refractivity contribution in [3.63, 3.8) is 0 Å². The third-order valence-corrected chi connectivity index (χ3v) is 5.39. The van der Waals surface area contributed by atoms with Crippen LogP contribution in [0.1, 0.15) is 12.0 Å². The van der Waals surface area contributed by atoms with Gasteiger partial charge in [0, 0.05) is 17.9 Å². The topological polar surface area (TPSA) is 150 Å². The zero-order valence-electron chi connectivity index (χ0n) is 17.1. The molecular formula is C21H24N6O4. The number of methoxy groups -OCH3 is 1. The van der Waals surface area contributed by atoms with Crippen molar-refractivity contribution in [3.8, 4) is 0 Å². The molecule has 0 aromatic heterocycles. The predicted molar refractivity (Wildman–Crippen MR) is 114 cm³/mol. The number of hydrogen-bond acceptors (Lipinski definition) is 6. The Morgan fingerprint density at radius 1 is 1.29 bits per heavy atom. The molecule has 1 saturated heterocycles. The highest BCUT2D eigenvalue weighted by Crippen LogP contribution is 2.22. The van der Waals surface area contributed by atoms with Crippen molar-refractivity contribution in [2.45, 2.75) is 31.0 Å². The molecule has 0 saturated carbocycles. The number of nitrogens with one attached hydrogen (secondary N) is 1. The summed E-state index contributed by atoms with van der Waals surface area (Å²) in [4.78, 5) is 41.7. The fraction of sp³-hybridized carbons (Fsp3) is 0.381. The molecule has 10 heteroatoms. The van der Waals surface area contributed by atoms with Gasteiger partial charge in [-0.3, -0.25) is 9.59 Å². The summed E-state index contributed by atoms with van der Waals surface area (Å²) in [7, 11) is 1.24. The Labute approximate surface area is 179 Å². The van der Waals surface area contributed by atoms with Crippen LogP contribution in [-0.4, -0.2) is 61.0 Å². The van der Waals surface area contributed by atoms with Crippen LogP contribution in [0.2, 0.25) is 0 Å². The largest absolute Gasteiger partial charge is 0.467 e. The Morgan fingerprint density at radius 3 is 2.71 bits per heavy atom. The lowest BCUT2D eigenvalue weighted by Gasteiger charge is -2.27. The molecule has 1 fully saturated rings. The normalized spacial score (nSPS) is 18.8. The number of carbonyl (C=O) groups is 3. The molecule has 3 rings (SSSR count). The molecule has 10 nitrogen and oxygen atoms in total. The lowest BCUT2D eigenvalue weighted by atomic mass is 10.0. The molecule has 3 N–H and O–H groups in total. The van der Waals surface area contributed by atoms with Gasteiger partial charge in [0.2, 0.25) is 11.8 Å². The Hall–Kier alpha value is -3.62. The van der Waals surface area contributed by atoms with Crippen LogP contribution >= 0.6 is 0 Å². The van der Waals surface area contributed by atoms with Crippen LogP contribution in [0, 0.1) is 0 Å². The standard InChI is InChI=1S/C21H24N6O4/c1-31-21(30)17(11-13-6-7-14-4-2-3-5-15(14)10-13)24-20(29)19-16(25-26-23)8-9-27(19)18(28)12-22/h2-7,10,16-17,19H,8-9,11-12,22H2,1H3,(H,24,29)/t16-,17+,19+/m1/s1. The maximum Gasteiger partial charge on any atom is 0.328 e. The van der Waals surface area contributed by atoms with Gasteiger partial charge in [0.25, 0.3) is 0 Å². The van der Waals surface area contributed by atoms with E-state index in [1.54, 1.807) is 0 Å². The van der Waals surface area contributed by atoms with Crippen molar-refractivity contribution in [2.24, 2.45) is 10.8 Å². The van der Waals surface area contributed by atoms with Gasteiger partial charge < -0.3 is 20.7 Å². The Balaban J connectivity index is 1.83. The van der Waals surface area contributed by atoms with E-state index in [2.05, 4.69) is 15.3 Å². The molecule has 1 aliphatic heterocycles. The second-order valence-electron chi connectivity index (χ2n) is 7.27. The maximum absolute atomic E-state index is 13.1. The van der Waals surface area contributed by atoms with E-state index in [1.807, 2.05) is 42.5 Å². The van der Waals surface area contributed by atoms with Gasteiger partial charge >= 0.3 is 5.97 Å². The molecular weight excluding hydrogens is 400 g/mol. The number of benzene rings is 2. The second kappa shape index (κ2) is 9.92. The fourth-order valence-electron chi connectivity index (χ4n) is 3.87. The first kappa shape index (κ1) is 22.1. The molecule has 3 atom stereocenters. The summed E-state index contributed by atoms with van der Waals surface area (Å²) in [6.07, 6.45) is 0.536. The highest BCUT2D eigenvalue weighted by Gasteiger charge is 2.42. The van der Waals surface area contributed by atoms with Crippen molar-refractivity contribution in [3.05, 3.63) is 58.5 Å². The van der Waals surface area contributed by atoms with Gasteiger partial charge in [0.05, 0.1) is 19.7 Å². The number of carbonyl (C=O) groups excluding carboxylic acids is 3. The number of ether oxygens (including phenoxy) is 1. The van der Waals surface area contributed by atoms with Crippen molar-refractivity contribution in [1.82, 2.24) is 10.2 Å². The van der Waals surface area contributed by atoms with Crippen LogP contribution in [0.25, 0.3) is 21.2 Å². The summed E-state index contributed by atoms with van der Waals surface area (Å²) in [5.41, 5.74) is 15.1. The first-order valence-corrected chi connectivity index (χ1v) is 9.88. The van der Waals surface area contributed by atoms with E-state index in [1.165, 1.54) is 12.0 Å². The van der Waals surface area contributed by atoms with Gasteiger partial charge in [0.15, 0.2) is 0 Å². The molecule has 0 radical (unpaired) electrons. The van der Waals surface area contributed by atoms with Crippen LogP contribution in [0.4, 0.5) is 0 Å². The molecule has 0 spiro atoms. The van der Waals surface area contributed by atoms with E-state index in [9.17, 15) is 14.4 Å². The summed E-state index contributed by atoms with van der Waals surface area (Å²) in [6.45, 7) is -0.0321. The van der Waals surface area contributed by atoms with Gasteiger partial charge in [-0.2, -0.15) is 0 Å². The summed E-state index contributed by atoms with van der Waals surface area (Å²) in [6, 6.07) is 10.8. The zero-order chi connectivity index (χ0) is 22.4. The molecule has 2 aromatic rings. The molecule has 2 amide bonds.